The second kappa shape index (κ2) is 30.4. The van der Waals surface area contributed by atoms with Crippen molar-refractivity contribution in [2.45, 2.75) is 200 Å². The van der Waals surface area contributed by atoms with Crippen molar-refractivity contribution in [1.82, 2.24) is 4.90 Å². The maximum Gasteiger partial charge on any atom is 0.305 e. The lowest BCUT2D eigenvalue weighted by Crippen LogP contribution is -2.31. The Labute approximate surface area is 257 Å². The van der Waals surface area contributed by atoms with Gasteiger partial charge in [-0.15, -0.1) is 0 Å². The first-order chi connectivity index (χ1) is 20.3. The summed E-state index contributed by atoms with van der Waals surface area (Å²) < 4.78 is 5.55. The lowest BCUT2D eigenvalue weighted by molar-refractivity contribution is -0.143. The van der Waals surface area contributed by atoms with E-state index in [1.165, 1.54) is 166 Å². The van der Waals surface area contributed by atoms with Crippen molar-refractivity contribution >= 4 is 11.8 Å². The molecule has 0 amide bonds. The van der Waals surface area contributed by atoms with Crippen molar-refractivity contribution in [2.75, 3.05) is 26.2 Å². The van der Waals surface area contributed by atoms with Gasteiger partial charge in [0.2, 0.25) is 0 Å². The van der Waals surface area contributed by atoms with Crippen molar-refractivity contribution < 1.29 is 9.53 Å². The molecule has 0 atom stereocenters. The summed E-state index contributed by atoms with van der Waals surface area (Å²) in [7, 11) is 0. The van der Waals surface area contributed by atoms with Crippen LogP contribution in [0.25, 0.3) is 0 Å². The molecular formula is C37H72N2O2. The Balaban J connectivity index is 1.86. The number of ether oxygens (including phenoxy) is 1. The summed E-state index contributed by atoms with van der Waals surface area (Å²) in [5.41, 5.74) is 0. The molecule has 1 heterocycles. The summed E-state index contributed by atoms with van der Waals surface area (Å²) in [5.74, 6) is 1.23. The standard InChI is InChI=1S/C37H72N2O2/c1-3-5-7-9-11-13-15-17-19-20-22-24-26-28-30-36-38-32-33-39(36)34-35-41-37(40)31-29-27-25-23-21-18-16-14-12-10-8-6-4-2/h3-35H2,1-2H3. The SMILES string of the molecule is CCCCCCCCCCCCCCCCC1=NCCN1CCOC(=O)CCCCCCCCCCCCCCC. The predicted octanol–water partition coefficient (Wildman–Crippen LogP) is 11.6. The minimum absolute atomic E-state index is 0.0160. The number of carbonyl (C=O) groups excluding carboxylic acids is 1. The molecule has 4 nitrogen and oxygen atoms in total. The zero-order chi connectivity index (χ0) is 29.5. The molecule has 0 aromatic carbocycles. The van der Waals surface area contributed by atoms with Gasteiger partial charge in [-0.05, 0) is 12.8 Å². The van der Waals surface area contributed by atoms with Gasteiger partial charge in [-0.1, -0.05) is 174 Å². The Morgan fingerprint density at radius 2 is 0.976 bits per heavy atom. The number of hydrogen-bond donors (Lipinski definition) is 0. The summed E-state index contributed by atoms with van der Waals surface area (Å²) in [5, 5.41) is 0. The summed E-state index contributed by atoms with van der Waals surface area (Å²) in [6.07, 6.45) is 38.5. The first kappa shape index (κ1) is 38.0. The molecule has 41 heavy (non-hydrogen) atoms. The van der Waals surface area contributed by atoms with Crippen LogP contribution in [0.1, 0.15) is 200 Å². The molecule has 0 aromatic rings. The highest BCUT2D eigenvalue weighted by Gasteiger charge is 2.16. The van der Waals surface area contributed by atoms with Gasteiger partial charge >= 0.3 is 5.97 Å². The van der Waals surface area contributed by atoms with Gasteiger partial charge in [0.15, 0.2) is 0 Å². The number of hydrogen-bond acceptors (Lipinski definition) is 4. The highest BCUT2D eigenvalue weighted by molar-refractivity contribution is 5.83. The van der Waals surface area contributed by atoms with E-state index >= 15 is 0 Å². The fraction of sp³-hybridized carbons (Fsp3) is 0.946. The fourth-order valence-electron chi connectivity index (χ4n) is 6.11. The molecule has 0 radical (unpaired) electrons. The Morgan fingerprint density at radius 1 is 0.585 bits per heavy atom. The average molecular weight is 577 g/mol. The van der Waals surface area contributed by atoms with Gasteiger partial charge in [0.1, 0.15) is 6.61 Å². The molecule has 1 aliphatic rings. The Kier molecular flexibility index (Phi) is 28.1. The third-order valence-corrected chi connectivity index (χ3v) is 8.89. The van der Waals surface area contributed by atoms with E-state index in [0.29, 0.717) is 13.0 Å². The van der Waals surface area contributed by atoms with Crippen LogP contribution in [-0.2, 0) is 9.53 Å². The van der Waals surface area contributed by atoms with Crippen LogP contribution in [0.2, 0.25) is 0 Å². The second-order valence-electron chi connectivity index (χ2n) is 12.8. The van der Waals surface area contributed by atoms with Crippen LogP contribution < -0.4 is 0 Å². The number of amidine groups is 1. The van der Waals surface area contributed by atoms with Gasteiger partial charge in [-0.3, -0.25) is 9.79 Å². The highest BCUT2D eigenvalue weighted by Crippen LogP contribution is 2.16. The molecule has 242 valence electrons. The van der Waals surface area contributed by atoms with E-state index in [1.807, 2.05) is 0 Å². The van der Waals surface area contributed by atoms with E-state index in [2.05, 4.69) is 18.7 Å². The van der Waals surface area contributed by atoms with Gasteiger partial charge in [0, 0.05) is 19.4 Å². The zero-order valence-electron chi connectivity index (χ0n) is 28.0. The molecule has 0 aliphatic carbocycles. The number of rotatable bonds is 32. The molecule has 0 saturated heterocycles. The molecule has 1 aliphatic heterocycles. The maximum absolute atomic E-state index is 12.1. The molecule has 0 saturated carbocycles. The quantitative estimate of drug-likeness (QED) is 0.0590. The lowest BCUT2D eigenvalue weighted by atomic mass is 10.0. The Hall–Kier alpha value is -1.06. The van der Waals surface area contributed by atoms with Crippen LogP contribution in [0.3, 0.4) is 0 Å². The van der Waals surface area contributed by atoms with Gasteiger partial charge in [0.25, 0.3) is 0 Å². The fourth-order valence-corrected chi connectivity index (χ4v) is 6.11. The molecule has 4 heteroatoms. The normalized spacial score (nSPS) is 13.2. The van der Waals surface area contributed by atoms with E-state index in [9.17, 15) is 4.79 Å². The van der Waals surface area contributed by atoms with Crippen molar-refractivity contribution in [3.8, 4) is 0 Å². The second-order valence-corrected chi connectivity index (χ2v) is 12.8. The number of aliphatic imine (C=N–C) groups is 1. The monoisotopic (exact) mass is 577 g/mol. The van der Waals surface area contributed by atoms with Gasteiger partial charge < -0.3 is 9.64 Å². The van der Waals surface area contributed by atoms with Crippen LogP contribution in [0.15, 0.2) is 4.99 Å². The molecule has 0 aromatic heterocycles. The third-order valence-electron chi connectivity index (χ3n) is 8.89. The van der Waals surface area contributed by atoms with Crippen LogP contribution in [0, 0.1) is 0 Å². The minimum Gasteiger partial charge on any atom is -0.464 e. The summed E-state index contributed by atoms with van der Waals surface area (Å²) in [6.45, 7) is 7.78. The minimum atomic E-state index is -0.0160. The first-order valence-corrected chi connectivity index (χ1v) is 18.7. The summed E-state index contributed by atoms with van der Waals surface area (Å²) in [6, 6.07) is 0. The molecule has 0 bridgehead atoms. The summed E-state index contributed by atoms with van der Waals surface area (Å²) >= 11 is 0. The Bertz CT molecular complexity index is 591. The lowest BCUT2D eigenvalue weighted by Gasteiger charge is -2.20. The van der Waals surface area contributed by atoms with Gasteiger partial charge in [0.05, 0.1) is 18.9 Å². The van der Waals surface area contributed by atoms with Crippen LogP contribution in [0.5, 0.6) is 0 Å². The van der Waals surface area contributed by atoms with Crippen LogP contribution in [-0.4, -0.2) is 42.9 Å². The number of esters is 1. The van der Waals surface area contributed by atoms with E-state index in [1.54, 1.807) is 0 Å². The van der Waals surface area contributed by atoms with Crippen molar-refractivity contribution in [2.24, 2.45) is 4.99 Å². The van der Waals surface area contributed by atoms with E-state index in [4.69, 9.17) is 9.73 Å². The molecule has 0 unspecified atom stereocenters. The largest absolute Gasteiger partial charge is 0.464 e. The third kappa shape index (κ3) is 25.2. The topological polar surface area (TPSA) is 41.9 Å². The first-order valence-electron chi connectivity index (χ1n) is 18.7. The van der Waals surface area contributed by atoms with E-state index in [0.717, 1.165) is 38.9 Å². The van der Waals surface area contributed by atoms with Gasteiger partial charge in [-0.25, -0.2) is 0 Å². The zero-order valence-corrected chi connectivity index (χ0v) is 28.0. The molecule has 1 rings (SSSR count). The van der Waals surface area contributed by atoms with Crippen molar-refractivity contribution in [3.05, 3.63) is 0 Å². The van der Waals surface area contributed by atoms with E-state index < -0.39 is 0 Å². The number of carbonyl (C=O) groups is 1. The van der Waals surface area contributed by atoms with E-state index in [-0.39, 0.29) is 5.97 Å². The molecule has 0 N–H and O–H groups in total. The molecule has 0 spiro atoms. The average Bonchev–Trinajstić information content (AvgIpc) is 3.42. The highest BCUT2D eigenvalue weighted by atomic mass is 16.5. The smallest absolute Gasteiger partial charge is 0.305 e. The number of unbranched alkanes of at least 4 members (excludes halogenated alkanes) is 25. The van der Waals surface area contributed by atoms with Crippen LogP contribution in [0.4, 0.5) is 0 Å². The predicted molar refractivity (Wildman–Crippen MR) is 180 cm³/mol. The molecule has 0 fully saturated rings. The molecular weight excluding hydrogens is 504 g/mol. The Morgan fingerprint density at radius 3 is 1.41 bits per heavy atom. The van der Waals surface area contributed by atoms with Gasteiger partial charge in [-0.2, -0.15) is 0 Å². The van der Waals surface area contributed by atoms with Crippen molar-refractivity contribution in [3.63, 3.8) is 0 Å². The number of nitrogens with zero attached hydrogens (tertiary/aromatic N) is 2. The summed E-state index contributed by atoms with van der Waals surface area (Å²) in [4.78, 5) is 19.2. The van der Waals surface area contributed by atoms with Crippen molar-refractivity contribution in [1.29, 1.82) is 0 Å². The maximum atomic E-state index is 12.1. The van der Waals surface area contributed by atoms with Crippen LogP contribution >= 0.6 is 0 Å².